The van der Waals surface area contributed by atoms with Crippen LogP contribution < -0.4 is 0 Å². The number of hydrogen-bond donors (Lipinski definition) is 0. The molecular formula is C13H20O6. The van der Waals surface area contributed by atoms with Gasteiger partial charge in [-0.1, -0.05) is 13.8 Å². The number of hydrogen-bond acceptors (Lipinski definition) is 6. The molecule has 3 fully saturated rings. The molecule has 0 aromatic rings. The molecular weight excluding hydrogens is 252 g/mol. The van der Waals surface area contributed by atoms with E-state index in [4.69, 9.17) is 23.7 Å². The van der Waals surface area contributed by atoms with Crippen molar-refractivity contribution in [3.05, 3.63) is 0 Å². The van der Waals surface area contributed by atoms with E-state index in [1.54, 1.807) is 13.8 Å². The van der Waals surface area contributed by atoms with E-state index < -0.39 is 18.2 Å². The maximum atomic E-state index is 11.8. The van der Waals surface area contributed by atoms with Gasteiger partial charge in [0, 0.05) is 0 Å². The standard InChI is InChI=1S/C13H20O6/c1-6(2)11(14)17-8-7-5-15-12(16-7)10-9(8)18-13(3,4)19-10/h6-10,12H,5H2,1-4H3/t7-,8-,9+,10+,12-/m1/s1. The van der Waals surface area contributed by atoms with Crippen LogP contribution in [-0.2, 0) is 28.5 Å². The molecule has 3 rings (SSSR count). The van der Waals surface area contributed by atoms with Crippen molar-refractivity contribution < 1.29 is 28.5 Å². The third kappa shape index (κ3) is 2.27. The normalized spacial score (nSPS) is 43.3. The van der Waals surface area contributed by atoms with Crippen molar-refractivity contribution in [3.63, 3.8) is 0 Å². The summed E-state index contributed by atoms with van der Waals surface area (Å²) in [5, 5.41) is 0. The predicted molar refractivity (Wildman–Crippen MR) is 63.2 cm³/mol. The maximum absolute atomic E-state index is 11.8. The SMILES string of the molecule is CC(C)C(=O)O[C@H]1[C@@H]2OC(C)(C)O[C@@H]2[C@@H]2OC[C@H]1O2. The molecule has 6 nitrogen and oxygen atoms in total. The molecule has 0 radical (unpaired) electrons. The minimum atomic E-state index is -0.713. The Morgan fingerprint density at radius 2 is 1.95 bits per heavy atom. The van der Waals surface area contributed by atoms with Gasteiger partial charge in [0.05, 0.1) is 12.5 Å². The quantitative estimate of drug-likeness (QED) is 0.694. The van der Waals surface area contributed by atoms with Crippen LogP contribution in [0, 0.1) is 5.92 Å². The average Bonchev–Trinajstić information content (AvgIpc) is 2.86. The Kier molecular flexibility index (Phi) is 3.09. The van der Waals surface area contributed by atoms with Crippen LogP contribution in [0.1, 0.15) is 27.7 Å². The molecule has 2 bridgehead atoms. The van der Waals surface area contributed by atoms with Gasteiger partial charge >= 0.3 is 5.97 Å². The Morgan fingerprint density at radius 1 is 1.26 bits per heavy atom. The Labute approximate surface area is 112 Å². The number of esters is 1. The summed E-state index contributed by atoms with van der Waals surface area (Å²) in [6, 6.07) is 0. The van der Waals surface area contributed by atoms with E-state index in [0.29, 0.717) is 6.61 Å². The van der Waals surface area contributed by atoms with Gasteiger partial charge < -0.3 is 23.7 Å². The van der Waals surface area contributed by atoms with Crippen LogP contribution in [0.3, 0.4) is 0 Å². The van der Waals surface area contributed by atoms with Crippen molar-refractivity contribution in [3.8, 4) is 0 Å². The van der Waals surface area contributed by atoms with Gasteiger partial charge in [0.25, 0.3) is 0 Å². The van der Waals surface area contributed by atoms with Crippen LogP contribution in [0.15, 0.2) is 0 Å². The molecule has 0 aromatic heterocycles. The van der Waals surface area contributed by atoms with Gasteiger partial charge in [0.2, 0.25) is 0 Å². The van der Waals surface area contributed by atoms with Crippen LogP contribution in [-0.4, -0.2) is 49.1 Å². The predicted octanol–water partition coefficient (Wildman–Crippen LogP) is 0.829. The third-order valence-electron chi connectivity index (χ3n) is 3.58. The van der Waals surface area contributed by atoms with E-state index in [9.17, 15) is 4.79 Å². The first kappa shape index (κ1) is 13.3. The van der Waals surface area contributed by atoms with Crippen molar-refractivity contribution in [1.82, 2.24) is 0 Å². The fourth-order valence-corrected chi connectivity index (χ4v) is 2.69. The Morgan fingerprint density at radius 3 is 2.63 bits per heavy atom. The number of ether oxygens (including phenoxy) is 5. The van der Waals surface area contributed by atoms with Crippen LogP contribution >= 0.6 is 0 Å². The number of carbonyl (C=O) groups excluding carboxylic acids is 1. The lowest BCUT2D eigenvalue weighted by atomic mass is 10.0. The molecule has 0 unspecified atom stereocenters. The lowest BCUT2D eigenvalue weighted by molar-refractivity contribution is -0.210. The highest BCUT2D eigenvalue weighted by molar-refractivity contribution is 5.71. The molecule has 5 atom stereocenters. The fourth-order valence-electron chi connectivity index (χ4n) is 2.69. The van der Waals surface area contributed by atoms with E-state index in [-0.39, 0.29) is 30.2 Å². The van der Waals surface area contributed by atoms with Gasteiger partial charge in [-0.2, -0.15) is 0 Å². The highest BCUT2D eigenvalue weighted by Gasteiger charge is 2.60. The first-order valence-corrected chi connectivity index (χ1v) is 6.70. The zero-order chi connectivity index (χ0) is 13.8. The molecule has 19 heavy (non-hydrogen) atoms. The summed E-state index contributed by atoms with van der Waals surface area (Å²) < 4.78 is 28.4. The van der Waals surface area contributed by atoms with E-state index in [2.05, 4.69) is 0 Å². The molecule has 0 aliphatic carbocycles. The minimum Gasteiger partial charge on any atom is -0.456 e. The van der Waals surface area contributed by atoms with E-state index in [1.165, 1.54) is 0 Å². The number of fused-ring (bicyclic) bond motifs is 4. The first-order chi connectivity index (χ1) is 8.87. The Balaban J connectivity index is 1.80. The Hall–Kier alpha value is -0.690. The minimum absolute atomic E-state index is 0.186. The zero-order valence-electron chi connectivity index (χ0n) is 11.6. The molecule has 3 saturated heterocycles. The van der Waals surface area contributed by atoms with Crippen molar-refractivity contribution in [2.45, 2.75) is 64.2 Å². The van der Waals surface area contributed by atoms with Crippen molar-refractivity contribution >= 4 is 5.97 Å². The van der Waals surface area contributed by atoms with E-state index in [0.717, 1.165) is 0 Å². The highest BCUT2D eigenvalue weighted by Crippen LogP contribution is 2.41. The topological polar surface area (TPSA) is 63.2 Å². The lowest BCUT2D eigenvalue weighted by Crippen LogP contribution is -2.54. The van der Waals surface area contributed by atoms with Gasteiger partial charge in [-0.3, -0.25) is 4.79 Å². The number of carbonyl (C=O) groups is 1. The first-order valence-electron chi connectivity index (χ1n) is 6.70. The van der Waals surface area contributed by atoms with Crippen LogP contribution in [0.2, 0.25) is 0 Å². The summed E-state index contributed by atoms with van der Waals surface area (Å²) in [4.78, 5) is 11.8. The second-order valence-corrected chi connectivity index (χ2v) is 6.00. The molecule has 0 spiro atoms. The monoisotopic (exact) mass is 272 g/mol. The summed E-state index contributed by atoms with van der Waals surface area (Å²) in [5.74, 6) is -1.16. The molecule has 3 aliphatic rings. The van der Waals surface area contributed by atoms with E-state index >= 15 is 0 Å². The van der Waals surface area contributed by atoms with E-state index in [1.807, 2.05) is 13.8 Å². The smallest absolute Gasteiger partial charge is 0.308 e. The van der Waals surface area contributed by atoms with Gasteiger partial charge in [-0.05, 0) is 13.8 Å². The van der Waals surface area contributed by atoms with Gasteiger partial charge in [0.1, 0.15) is 18.3 Å². The second kappa shape index (κ2) is 4.41. The maximum Gasteiger partial charge on any atom is 0.308 e. The van der Waals surface area contributed by atoms with Gasteiger partial charge in [-0.15, -0.1) is 0 Å². The molecule has 108 valence electrons. The van der Waals surface area contributed by atoms with Gasteiger partial charge in [0.15, 0.2) is 18.2 Å². The summed E-state index contributed by atoms with van der Waals surface area (Å²) in [5.41, 5.74) is 0. The van der Waals surface area contributed by atoms with Crippen LogP contribution in [0.5, 0.6) is 0 Å². The van der Waals surface area contributed by atoms with Gasteiger partial charge in [-0.25, -0.2) is 0 Å². The second-order valence-electron chi connectivity index (χ2n) is 6.00. The van der Waals surface area contributed by atoms with Crippen molar-refractivity contribution in [1.29, 1.82) is 0 Å². The molecule has 0 N–H and O–H groups in total. The molecule has 0 amide bonds. The largest absolute Gasteiger partial charge is 0.456 e. The number of rotatable bonds is 2. The molecule has 0 aromatic carbocycles. The Bertz CT molecular complexity index is 379. The lowest BCUT2D eigenvalue weighted by Gasteiger charge is -2.34. The average molecular weight is 272 g/mol. The molecule has 3 heterocycles. The third-order valence-corrected chi connectivity index (χ3v) is 3.58. The van der Waals surface area contributed by atoms with Crippen LogP contribution in [0.4, 0.5) is 0 Å². The highest BCUT2D eigenvalue weighted by atomic mass is 16.8. The van der Waals surface area contributed by atoms with Crippen LogP contribution in [0.25, 0.3) is 0 Å². The fraction of sp³-hybridized carbons (Fsp3) is 0.923. The molecule has 6 heteroatoms. The molecule has 3 aliphatic heterocycles. The zero-order valence-corrected chi connectivity index (χ0v) is 11.6. The summed E-state index contributed by atoms with van der Waals surface area (Å²) in [6.45, 7) is 7.67. The van der Waals surface area contributed by atoms with Crippen molar-refractivity contribution in [2.24, 2.45) is 5.92 Å². The summed E-state index contributed by atoms with van der Waals surface area (Å²) in [6.07, 6.45) is -1.85. The van der Waals surface area contributed by atoms with Crippen molar-refractivity contribution in [2.75, 3.05) is 6.61 Å². The summed E-state index contributed by atoms with van der Waals surface area (Å²) in [7, 11) is 0. The summed E-state index contributed by atoms with van der Waals surface area (Å²) >= 11 is 0. The molecule has 0 saturated carbocycles.